The molecular weight excluding hydrogens is 769 g/mol. The largest absolute Gasteiger partial charge is 0.308 e. The highest BCUT2D eigenvalue weighted by Gasteiger charge is 2.24. The third kappa shape index (κ3) is 4.86. The van der Waals surface area contributed by atoms with Crippen molar-refractivity contribution in [3.63, 3.8) is 0 Å². The summed E-state index contributed by atoms with van der Waals surface area (Å²) in [7, 11) is 0. The minimum absolute atomic E-state index is 0.555. The number of hydrogen-bond acceptors (Lipinski definition) is 3. The lowest BCUT2D eigenvalue weighted by atomic mass is 10.0. The summed E-state index contributed by atoms with van der Waals surface area (Å²) in [6.07, 6.45) is 0. The summed E-state index contributed by atoms with van der Waals surface area (Å²) in [5.74, 6) is 1.72. The van der Waals surface area contributed by atoms with Gasteiger partial charge in [0.15, 0.2) is 5.82 Å². The van der Waals surface area contributed by atoms with Gasteiger partial charge in [0.1, 0.15) is 0 Å². The standard InChI is InChI=1S/C57H34N6/c1-3-15-35(16-4-1)37-29-31-50-45(33-37)40-20-8-11-26-48(40)62(50)56-58-55(44-24-14-28-52-53(44)43-23-13-22-42-39-19-7-10-25-47(39)61(52)54(42)43)59-57(60-56)63-49-27-12-9-21-41(49)46-34-38(30-32-51(46)63)36-17-5-2-6-18-36/h1-34H. The van der Waals surface area contributed by atoms with Crippen molar-refractivity contribution in [1.82, 2.24) is 28.5 Å². The maximum Gasteiger partial charge on any atom is 0.240 e. The lowest BCUT2D eigenvalue weighted by Gasteiger charge is -2.13. The highest BCUT2D eigenvalue weighted by Crippen LogP contribution is 2.43. The Kier molecular flexibility index (Phi) is 7.02. The summed E-state index contributed by atoms with van der Waals surface area (Å²) in [5, 5.41) is 9.33. The fourth-order valence-corrected chi connectivity index (χ4v) is 10.3. The number of nitrogens with zero attached hydrogens (tertiary/aromatic N) is 6. The van der Waals surface area contributed by atoms with Gasteiger partial charge >= 0.3 is 0 Å². The van der Waals surface area contributed by atoms with Gasteiger partial charge < -0.3 is 4.40 Å². The average molecular weight is 803 g/mol. The molecule has 6 nitrogen and oxygen atoms in total. The fraction of sp³-hybridized carbons (Fsp3) is 0. The van der Waals surface area contributed by atoms with Crippen molar-refractivity contribution in [1.29, 1.82) is 0 Å². The van der Waals surface area contributed by atoms with E-state index in [1.54, 1.807) is 0 Å². The van der Waals surface area contributed by atoms with Gasteiger partial charge in [-0.05, 0) is 70.8 Å². The van der Waals surface area contributed by atoms with Crippen molar-refractivity contribution in [3.8, 4) is 45.5 Å². The van der Waals surface area contributed by atoms with Gasteiger partial charge in [0.2, 0.25) is 11.9 Å². The van der Waals surface area contributed by atoms with Crippen molar-refractivity contribution in [3.05, 3.63) is 206 Å². The minimum Gasteiger partial charge on any atom is -0.308 e. The molecule has 0 saturated carbocycles. The number of aromatic nitrogens is 6. The second kappa shape index (κ2) is 12.9. The Morgan fingerprint density at radius 1 is 0.286 bits per heavy atom. The van der Waals surface area contributed by atoms with Gasteiger partial charge in [-0.1, -0.05) is 158 Å². The van der Waals surface area contributed by atoms with Crippen molar-refractivity contribution in [2.24, 2.45) is 0 Å². The van der Waals surface area contributed by atoms with Gasteiger partial charge in [-0.25, -0.2) is 0 Å². The molecule has 6 heteroatoms. The van der Waals surface area contributed by atoms with Gasteiger partial charge in [-0.15, -0.1) is 0 Å². The van der Waals surface area contributed by atoms with E-state index in [1.807, 2.05) is 0 Å². The van der Waals surface area contributed by atoms with Crippen molar-refractivity contribution in [2.45, 2.75) is 0 Å². The van der Waals surface area contributed by atoms with Gasteiger partial charge in [0.05, 0.1) is 38.6 Å². The molecule has 292 valence electrons. The molecule has 63 heavy (non-hydrogen) atoms. The van der Waals surface area contributed by atoms with Gasteiger partial charge in [-0.3, -0.25) is 9.13 Å². The Morgan fingerprint density at radius 3 is 1.32 bits per heavy atom. The van der Waals surface area contributed by atoms with E-state index in [2.05, 4.69) is 220 Å². The predicted molar refractivity (Wildman–Crippen MR) is 259 cm³/mol. The lowest BCUT2D eigenvalue weighted by molar-refractivity contribution is 0.893. The molecule has 14 aromatic rings. The zero-order valence-corrected chi connectivity index (χ0v) is 33.8. The van der Waals surface area contributed by atoms with E-state index in [1.165, 1.54) is 38.3 Å². The van der Waals surface area contributed by atoms with E-state index >= 15 is 0 Å². The van der Waals surface area contributed by atoms with Crippen LogP contribution in [0, 0.1) is 0 Å². The molecule has 0 fully saturated rings. The lowest BCUT2D eigenvalue weighted by Crippen LogP contribution is -2.10. The van der Waals surface area contributed by atoms with Gasteiger partial charge in [0, 0.05) is 48.7 Å². The Hall–Kier alpha value is -8.61. The topological polar surface area (TPSA) is 52.9 Å². The normalized spacial score (nSPS) is 12.1. The minimum atomic E-state index is 0.555. The molecule has 0 spiro atoms. The zero-order chi connectivity index (χ0) is 41.2. The molecule has 0 saturated heterocycles. The first-order chi connectivity index (χ1) is 31.3. The monoisotopic (exact) mass is 802 g/mol. The predicted octanol–water partition coefficient (Wildman–Crippen LogP) is 14.2. The number of rotatable bonds is 5. The number of para-hydroxylation sites is 4. The van der Waals surface area contributed by atoms with E-state index in [0.717, 1.165) is 71.2 Å². The Bertz CT molecular complexity index is 3960. The van der Waals surface area contributed by atoms with Crippen LogP contribution in [0.25, 0.3) is 127 Å². The molecule has 0 atom stereocenters. The third-order valence-electron chi connectivity index (χ3n) is 13.1. The first kappa shape index (κ1) is 34.1. The van der Waals surface area contributed by atoms with Crippen LogP contribution in [0.5, 0.6) is 0 Å². The Labute approximate surface area is 360 Å². The van der Waals surface area contributed by atoms with E-state index in [0.29, 0.717) is 17.7 Å². The molecule has 0 aliphatic carbocycles. The summed E-state index contributed by atoms with van der Waals surface area (Å²) >= 11 is 0. The summed E-state index contributed by atoms with van der Waals surface area (Å²) in [5.41, 5.74) is 13.3. The van der Waals surface area contributed by atoms with Crippen molar-refractivity contribution in [2.75, 3.05) is 0 Å². The summed E-state index contributed by atoms with van der Waals surface area (Å²) in [6.45, 7) is 0. The number of hydrogen-bond donors (Lipinski definition) is 0. The van der Waals surface area contributed by atoms with Crippen LogP contribution >= 0.6 is 0 Å². The second-order valence-electron chi connectivity index (χ2n) is 16.4. The summed E-state index contributed by atoms with van der Waals surface area (Å²) < 4.78 is 6.85. The molecule has 0 unspecified atom stereocenters. The number of fused-ring (bicyclic) bond motifs is 12. The summed E-state index contributed by atoms with van der Waals surface area (Å²) in [4.78, 5) is 16.5. The fourth-order valence-electron chi connectivity index (χ4n) is 10.3. The van der Waals surface area contributed by atoms with E-state index < -0.39 is 0 Å². The molecule has 0 aliphatic rings. The second-order valence-corrected chi connectivity index (χ2v) is 16.4. The van der Waals surface area contributed by atoms with Crippen LogP contribution in [0.3, 0.4) is 0 Å². The smallest absolute Gasteiger partial charge is 0.240 e. The van der Waals surface area contributed by atoms with Crippen LogP contribution < -0.4 is 0 Å². The van der Waals surface area contributed by atoms with Crippen molar-refractivity contribution >= 4 is 81.7 Å². The van der Waals surface area contributed by atoms with Gasteiger partial charge in [0.25, 0.3) is 0 Å². The Morgan fingerprint density at radius 2 is 0.730 bits per heavy atom. The molecule has 0 aliphatic heterocycles. The molecule has 0 bridgehead atoms. The third-order valence-corrected chi connectivity index (χ3v) is 13.1. The van der Waals surface area contributed by atoms with Crippen LogP contribution in [-0.2, 0) is 0 Å². The molecule has 0 N–H and O–H groups in total. The van der Waals surface area contributed by atoms with Crippen LogP contribution in [0.4, 0.5) is 0 Å². The first-order valence-electron chi connectivity index (χ1n) is 21.4. The highest BCUT2D eigenvalue weighted by molar-refractivity contribution is 6.25. The first-order valence-corrected chi connectivity index (χ1v) is 21.4. The van der Waals surface area contributed by atoms with E-state index in [4.69, 9.17) is 15.0 Å². The Balaban J connectivity index is 1.09. The maximum absolute atomic E-state index is 5.52. The molecule has 14 rings (SSSR count). The quantitative estimate of drug-likeness (QED) is 0.174. The zero-order valence-electron chi connectivity index (χ0n) is 33.8. The van der Waals surface area contributed by atoms with E-state index in [-0.39, 0.29) is 0 Å². The molecule has 9 aromatic carbocycles. The number of benzene rings is 9. The molecule has 0 radical (unpaired) electrons. The SMILES string of the molecule is c1ccc(-c2ccc3c(c2)c2ccccc2n3-c2nc(-c3cccc4c3c3cccc5c6ccccc6n4c53)nc(-n3c4ccccc4c4cc(-c5ccccc5)ccc43)n2)cc1. The van der Waals surface area contributed by atoms with Crippen LogP contribution in [-0.4, -0.2) is 28.5 Å². The van der Waals surface area contributed by atoms with Crippen LogP contribution in [0.1, 0.15) is 0 Å². The highest BCUT2D eigenvalue weighted by atomic mass is 15.3. The summed E-state index contributed by atoms with van der Waals surface area (Å²) in [6, 6.07) is 73.6. The van der Waals surface area contributed by atoms with E-state index in [9.17, 15) is 0 Å². The molecule has 0 amide bonds. The van der Waals surface area contributed by atoms with Crippen molar-refractivity contribution < 1.29 is 0 Å². The van der Waals surface area contributed by atoms with Crippen LogP contribution in [0.15, 0.2) is 206 Å². The average Bonchev–Trinajstić information content (AvgIpc) is 4.09. The molecule has 5 aromatic heterocycles. The molecule has 5 heterocycles. The molecular formula is C57H34N6. The van der Waals surface area contributed by atoms with Crippen LogP contribution in [0.2, 0.25) is 0 Å². The maximum atomic E-state index is 5.52. The van der Waals surface area contributed by atoms with Gasteiger partial charge in [-0.2, -0.15) is 15.0 Å².